The number of carbonyl (C=O) groups is 2. The van der Waals surface area contributed by atoms with Crippen LogP contribution in [0.5, 0.6) is 5.75 Å². The van der Waals surface area contributed by atoms with Gasteiger partial charge in [-0.05, 0) is 30.7 Å². The maximum Gasteiger partial charge on any atom is 0.331 e. The molecule has 0 radical (unpaired) electrons. The first kappa shape index (κ1) is 14.2. The lowest BCUT2D eigenvalue weighted by molar-refractivity contribution is -0.147. The number of nitrogens with one attached hydrogen (secondary N) is 1. The van der Waals surface area contributed by atoms with Crippen LogP contribution in [0.25, 0.3) is 0 Å². The van der Waals surface area contributed by atoms with Gasteiger partial charge in [0.2, 0.25) is 0 Å². The number of phenols is 1. The summed E-state index contributed by atoms with van der Waals surface area (Å²) in [6.45, 7) is 2.34. The smallest absolute Gasteiger partial charge is 0.331 e. The summed E-state index contributed by atoms with van der Waals surface area (Å²) in [4.78, 5) is 22.4. The Kier molecular flexibility index (Phi) is 4.85. The fraction of sp³-hybridized carbons (Fsp3) is 0.385. The zero-order chi connectivity index (χ0) is 13.6. The molecule has 5 heteroatoms. The molecule has 0 aliphatic rings. The average molecular weight is 251 g/mol. The Labute approximate surface area is 105 Å². The van der Waals surface area contributed by atoms with E-state index >= 15 is 0 Å². The van der Waals surface area contributed by atoms with Crippen molar-refractivity contribution >= 4 is 12.3 Å². The van der Waals surface area contributed by atoms with Crippen molar-refractivity contribution in [1.29, 1.82) is 0 Å². The minimum absolute atomic E-state index is 0.0477. The van der Waals surface area contributed by atoms with Crippen molar-refractivity contribution in [2.24, 2.45) is 0 Å². The van der Waals surface area contributed by atoms with Crippen LogP contribution in [0.3, 0.4) is 0 Å². The number of rotatable bonds is 7. The van der Waals surface area contributed by atoms with E-state index in [0.29, 0.717) is 18.4 Å². The quantitative estimate of drug-likeness (QED) is 0.496. The van der Waals surface area contributed by atoms with Gasteiger partial charge in [0.25, 0.3) is 0 Å². The van der Waals surface area contributed by atoms with Gasteiger partial charge < -0.3 is 15.0 Å². The molecule has 0 spiro atoms. The van der Waals surface area contributed by atoms with Crippen LogP contribution in [0.4, 0.5) is 0 Å². The van der Waals surface area contributed by atoms with E-state index in [1.54, 1.807) is 12.1 Å². The van der Waals surface area contributed by atoms with Crippen molar-refractivity contribution in [1.82, 2.24) is 5.32 Å². The minimum Gasteiger partial charge on any atom is -0.508 e. The number of benzene rings is 1. The first-order valence-corrected chi connectivity index (χ1v) is 5.76. The van der Waals surface area contributed by atoms with E-state index in [1.807, 2.05) is 6.92 Å². The molecule has 0 amide bonds. The van der Waals surface area contributed by atoms with Gasteiger partial charge in [0.05, 0.1) is 0 Å². The molecule has 18 heavy (non-hydrogen) atoms. The lowest BCUT2D eigenvalue weighted by atomic mass is 9.92. The summed E-state index contributed by atoms with van der Waals surface area (Å²) in [5.41, 5.74) is -0.932. The molecule has 1 aromatic rings. The van der Waals surface area contributed by atoms with Crippen LogP contribution in [0.2, 0.25) is 0 Å². The number of carboxylic acids is 1. The zero-order valence-corrected chi connectivity index (χ0v) is 10.2. The number of hydrogen-bond acceptors (Lipinski definition) is 4. The molecule has 0 aliphatic heterocycles. The number of aliphatic carboxylic acids is 1. The summed E-state index contributed by atoms with van der Waals surface area (Å²) >= 11 is 0. The fourth-order valence-electron chi connectivity index (χ4n) is 1.63. The molecule has 0 saturated carbocycles. The Balaban J connectivity index is 2.93. The minimum atomic E-state index is -1.60. The largest absolute Gasteiger partial charge is 0.508 e. The maximum absolute atomic E-state index is 11.3. The van der Waals surface area contributed by atoms with Gasteiger partial charge in [0.1, 0.15) is 5.75 Å². The SMILES string of the molecule is CCCN[C@@](C=O)(Cc1ccc(O)cc1)C(=O)O. The molecule has 1 rings (SSSR count). The number of carboxylic acid groups (broad SMARTS) is 1. The van der Waals surface area contributed by atoms with Gasteiger partial charge in [0.15, 0.2) is 11.8 Å². The van der Waals surface area contributed by atoms with E-state index in [4.69, 9.17) is 5.11 Å². The molecule has 5 nitrogen and oxygen atoms in total. The van der Waals surface area contributed by atoms with E-state index in [0.717, 1.165) is 6.42 Å². The molecule has 0 aliphatic carbocycles. The molecule has 1 aromatic carbocycles. The molecular weight excluding hydrogens is 234 g/mol. The summed E-state index contributed by atoms with van der Waals surface area (Å²) in [6, 6.07) is 6.13. The third kappa shape index (κ3) is 3.30. The third-order valence-corrected chi connectivity index (χ3v) is 2.69. The first-order chi connectivity index (χ1) is 8.54. The Hall–Kier alpha value is -1.88. The number of aldehydes is 1. The molecule has 98 valence electrons. The van der Waals surface area contributed by atoms with Crippen molar-refractivity contribution < 1.29 is 19.8 Å². The van der Waals surface area contributed by atoms with Crippen molar-refractivity contribution in [2.75, 3.05) is 6.54 Å². The highest BCUT2D eigenvalue weighted by molar-refractivity contribution is 5.97. The van der Waals surface area contributed by atoms with Crippen molar-refractivity contribution in [2.45, 2.75) is 25.3 Å². The van der Waals surface area contributed by atoms with Crippen LogP contribution < -0.4 is 5.32 Å². The second-order valence-electron chi connectivity index (χ2n) is 4.16. The zero-order valence-electron chi connectivity index (χ0n) is 10.2. The second-order valence-corrected chi connectivity index (χ2v) is 4.16. The predicted octanol–water partition coefficient (Wildman–Crippen LogP) is 0.957. The standard InChI is InChI=1S/C13H17NO4/c1-2-7-14-13(9-15,12(17)18)8-10-3-5-11(16)6-4-10/h3-6,9,14,16H,2,7-8H2,1H3,(H,17,18)/t13-/m1/s1. The van der Waals surface area contributed by atoms with Crippen molar-refractivity contribution in [3.8, 4) is 5.75 Å². The van der Waals surface area contributed by atoms with E-state index in [2.05, 4.69) is 5.32 Å². The van der Waals surface area contributed by atoms with Crippen LogP contribution in [0.15, 0.2) is 24.3 Å². The van der Waals surface area contributed by atoms with Crippen LogP contribution in [0, 0.1) is 0 Å². The van der Waals surface area contributed by atoms with Crippen molar-refractivity contribution in [3.05, 3.63) is 29.8 Å². The first-order valence-electron chi connectivity index (χ1n) is 5.76. The molecule has 0 heterocycles. The molecular formula is C13H17NO4. The molecule has 0 bridgehead atoms. The lowest BCUT2D eigenvalue weighted by Crippen LogP contribution is -2.55. The average Bonchev–Trinajstić information content (AvgIpc) is 2.36. The number of aromatic hydroxyl groups is 1. The molecule has 3 N–H and O–H groups in total. The Morgan fingerprint density at radius 2 is 2.00 bits per heavy atom. The van der Waals surface area contributed by atoms with E-state index < -0.39 is 11.5 Å². The monoisotopic (exact) mass is 251 g/mol. The maximum atomic E-state index is 11.3. The second kappa shape index (κ2) is 6.16. The van der Waals surface area contributed by atoms with E-state index in [9.17, 15) is 14.7 Å². The van der Waals surface area contributed by atoms with Gasteiger partial charge in [-0.2, -0.15) is 0 Å². The van der Waals surface area contributed by atoms with Crippen LogP contribution in [-0.4, -0.2) is 34.6 Å². The summed E-state index contributed by atoms with van der Waals surface area (Å²) in [5, 5.41) is 21.1. The van der Waals surface area contributed by atoms with Gasteiger partial charge in [0, 0.05) is 6.42 Å². The molecule has 0 aromatic heterocycles. The Morgan fingerprint density at radius 3 is 2.44 bits per heavy atom. The predicted molar refractivity (Wildman–Crippen MR) is 66.5 cm³/mol. The summed E-state index contributed by atoms with van der Waals surface area (Å²) in [7, 11) is 0. The van der Waals surface area contributed by atoms with E-state index in [1.165, 1.54) is 12.1 Å². The van der Waals surface area contributed by atoms with Crippen LogP contribution in [-0.2, 0) is 16.0 Å². The summed E-state index contributed by atoms with van der Waals surface area (Å²) in [5.74, 6) is -1.09. The highest BCUT2D eigenvalue weighted by Crippen LogP contribution is 2.16. The van der Waals surface area contributed by atoms with Crippen LogP contribution in [0.1, 0.15) is 18.9 Å². The third-order valence-electron chi connectivity index (χ3n) is 2.69. The molecule has 1 atom stereocenters. The van der Waals surface area contributed by atoms with Gasteiger partial charge in [-0.25, -0.2) is 4.79 Å². The topological polar surface area (TPSA) is 86.6 Å². The summed E-state index contributed by atoms with van der Waals surface area (Å²) < 4.78 is 0. The van der Waals surface area contributed by atoms with Gasteiger partial charge in [-0.15, -0.1) is 0 Å². The normalized spacial score (nSPS) is 13.8. The fourth-order valence-corrected chi connectivity index (χ4v) is 1.63. The van der Waals surface area contributed by atoms with Gasteiger partial charge >= 0.3 is 5.97 Å². The van der Waals surface area contributed by atoms with E-state index in [-0.39, 0.29) is 12.2 Å². The highest BCUT2D eigenvalue weighted by Gasteiger charge is 2.37. The van der Waals surface area contributed by atoms with Crippen molar-refractivity contribution in [3.63, 3.8) is 0 Å². The molecule has 0 saturated heterocycles. The van der Waals surface area contributed by atoms with Gasteiger partial charge in [-0.3, -0.25) is 5.32 Å². The highest BCUT2D eigenvalue weighted by atomic mass is 16.4. The van der Waals surface area contributed by atoms with Crippen LogP contribution >= 0.6 is 0 Å². The number of phenolic OH excluding ortho intramolecular Hbond substituents is 1. The molecule has 0 fully saturated rings. The lowest BCUT2D eigenvalue weighted by Gasteiger charge is -2.24. The molecule has 0 unspecified atom stereocenters. The number of carbonyl (C=O) groups excluding carboxylic acids is 1. The number of hydrogen-bond donors (Lipinski definition) is 3. The Bertz CT molecular complexity index is 416. The Morgan fingerprint density at radius 1 is 1.39 bits per heavy atom. The summed E-state index contributed by atoms with van der Waals surface area (Å²) in [6.07, 6.45) is 1.21. The van der Waals surface area contributed by atoms with Gasteiger partial charge in [-0.1, -0.05) is 19.1 Å².